The van der Waals surface area contributed by atoms with Crippen molar-refractivity contribution < 1.29 is 22.4 Å². The van der Waals surface area contributed by atoms with Crippen LogP contribution in [0, 0.1) is 11.3 Å². The summed E-state index contributed by atoms with van der Waals surface area (Å²) in [6.07, 6.45) is -2.55. The van der Waals surface area contributed by atoms with Gasteiger partial charge in [-0.25, -0.2) is 4.98 Å². The van der Waals surface area contributed by atoms with Crippen LogP contribution in [0.1, 0.15) is 5.56 Å². The summed E-state index contributed by atoms with van der Waals surface area (Å²) in [5, 5.41) is 11.2. The summed E-state index contributed by atoms with van der Waals surface area (Å²) in [5.74, 6) is -1.86. The number of hydrogen-bond acceptors (Lipinski definition) is 5. The van der Waals surface area contributed by atoms with E-state index in [-0.39, 0.29) is 34.6 Å². The second-order valence-electron chi connectivity index (χ2n) is 5.15. The number of carbonyl (C=O) groups is 1. The van der Waals surface area contributed by atoms with Crippen molar-refractivity contribution in [1.29, 1.82) is 5.26 Å². The number of fused-ring (bicyclic) bond motifs is 1. The number of aromatic amines is 1. The first-order chi connectivity index (χ1) is 12.3. The van der Waals surface area contributed by atoms with Crippen LogP contribution < -0.4 is 10.9 Å². The van der Waals surface area contributed by atoms with Crippen molar-refractivity contribution in [3.05, 3.63) is 40.6 Å². The number of nitriles is 1. The molecule has 134 valence electrons. The standard InChI is InChI=1S/C15H10F3N5O3/c16-15(17,18)14(25)20-3-4-23-11(9-2-1-5-26-9)8(6-19)10-12(23)13(24)22-7-21-10/h1-2,5,7H,3-4H2,(H,20,25)(H,21,22,24). The van der Waals surface area contributed by atoms with E-state index in [1.54, 1.807) is 11.4 Å². The molecule has 0 unspecified atom stereocenters. The fourth-order valence-electron chi connectivity index (χ4n) is 2.57. The number of rotatable bonds is 4. The van der Waals surface area contributed by atoms with E-state index in [1.807, 2.05) is 6.07 Å². The van der Waals surface area contributed by atoms with Gasteiger partial charge in [-0.3, -0.25) is 9.59 Å². The molecule has 0 radical (unpaired) electrons. The number of aromatic nitrogens is 3. The van der Waals surface area contributed by atoms with Crippen molar-refractivity contribution in [2.75, 3.05) is 6.54 Å². The van der Waals surface area contributed by atoms with E-state index >= 15 is 0 Å². The molecule has 0 atom stereocenters. The average Bonchev–Trinajstić information content (AvgIpc) is 3.20. The Hall–Kier alpha value is -3.55. The first kappa shape index (κ1) is 17.3. The minimum atomic E-state index is -5.01. The van der Waals surface area contributed by atoms with E-state index in [0.29, 0.717) is 0 Å². The van der Waals surface area contributed by atoms with Crippen LogP contribution in [-0.2, 0) is 11.3 Å². The van der Waals surface area contributed by atoms with Gasteiger partial charge in [0.15, 0.2) is 5.76 Å². The maximum Gasteiger partial charge on any atom is 0.471 e. The molecule has 8 nitrogen and oxygen atoms in total. The SMILES string of the molecule is N#Cc1c(-c2ccco2)n(CCNC(=O)C(F)(F)F)c2c(=O)[nH]cnc12. The fourth-order valence-corrected chi connectivity index (χ4v) is 2.57. The molecule has 0 fully saturated rings. The summed E-state index contributed by atoms with van der Waals surface area (Å²) in [6.45, 7) is -0.625. The Morgan fingerprint density at radius 2 is 2.23 bits per heavy atom. The summed E-state index contributed by atoms with van der Waals surface area (Å²) in [7, 11) is 0. The Kier molecular flexibility index (Phi) is 4.25. The van der Waals surface area contributed by atoms with Crippen LogP contribution in [0.15, 0.2) is 33.9 Å². The number of furan rings is 1. The monoisotopic (exact) mass is 365 g/mol. The van der Waals surface area contributed by atoms with Gasteiger partial charge < -0.3 is 19.3 Å². The zero-order chi connectivity index (χ0) is 18.9. The number of nitrogens with zero attached hydrogens (tertiary/aromatic N) is 3. The van der Waals surface area contributed by atoms with Gasteiger partial charge in [0.05, 0.1) is 12.6 Å². The van der Waals surface area contributed by atoms with Gasteiger partial charge in [0, 0.05) is 13.1 Å². The van der Waals surface area contributed by atoms with E-state index in [0.717, 1.165) is 6.33 Å². The highest BCUT2D eigenvalue weighted by Crippen LogP contribution is 2.31. The van der Waals surface area contributed by atoms with E-state index in [9.17, 15) is 28.0 Å². The predicted octanol–water partition coefficient (Wildman–Crippen LogP) is 1.53. The lowest BCUT2D eigenvalue weighted by molar-refractivity contribution is -0.173. The van der Waals surface area contributed by atoms with E-state index in [2.05, 4.69) is 9.97 Å². The van der Waals surface area contributed by atoms with Crippen LogP contribution in [0.4, 0.5) is 13.2 Å². The normalized spacial score (nSPS) is 11.5. The second-order valence-corrected chi connectivity index (χ2v) is 5.15. The number of hydrogen-bond donors (Lipinski definition) is 2. The van der Waals surface area contributed by atoms with Crippen molar-refractivity contribution in [2.45, 2.75) is 12.7 Å². The van der Waals surface area contributed by atoms with Crippen LogP contribution in [-0.4, -0.2) is 33.2 Å². The quantitative estimate of drug-likeness (QED) is 0.727. The van der Waals surface area contributed by atoms with Gasteiger partial charge >= 0.3 is 12.1 Å². The van der Waals surface area contributed by atoms with Gasteiger partial charge in [0.25, 0.3) is 5.56 Å². The van der Waals surface area contributed by atoms with Crippen molar-refractivity contribution >= 4 is 16.9 Å². The first-order valence-electron chi connectivity index (χ1n) is 7.23. The first-order valence-corrected chi connectivity index (χ1v) is 7.23. The lowest BCUT2D eigenvalue weighted by atomic mass is 10.2. The number of amides is 1. The molecule has 3 heterocycles. The van der Waals surface area contributed by atoms with Crippen LogP contribution >= 0.6 is 0 Å². The number of carbonyl (C=O) groups excluding carboxylic acids is 1. The predicted molar refractivity (Wildman–Crippen MR) is 81.8 cm³/mol. The molecule has 3 rings (SSSR count). The molecule has 0 aromatic carbocycles. The lowest BCUT2D eigenvalue weighted by Gasteiger charge is -2.11. The molecule has 0 aliphatic heterocycles. The van der Waals surface area contributed by atoms with Crippen LogP contribution in [0.3, 0.4) is 0 Å². The molecular weight excluding hydrogens is 355 g/mol. The molecule has 1 amide bonds. The van der Waals surface area contributed by atoms with E-state index < -0.39 is 24.2 Å². The molecule has 11 heteroatoms. The molecule has 0 spiro atoms. The highest BCUT2D eigenvalue weighted by atomic mass is 19.4. The Labute approximate surface area is 142 Å². The van der Waals surface area contributed by atoms with E-state index in [4.69, 9.17) is 4.42 Å². The smallest absolute Gasteiger partial charge is 0.463 e. The minimum absolute atomic E-state index is 0.00305. The van der Waals surface area contributed by atoms with Crippen LogP contribution in [0.25, 0.3) is 22.5 Å². The third-order valence-corrected chi connectivity index (χ3v) is 3.59. The summed E-state index contributed by atoms with van der Waals surface area (Å²) >= 11 is 0. The summed E-state index contributed by atoms with van der Waals surface area (Å²) in [4.78, 5) is 29.5. The van der Waals surface area contributed by atoms with Gasteiger partial charge in [0.2, 0.25) is 0 Å². The van der Waals surface area contributed by atoms with Crippen LogP contribution in [0.2, 0.25) is 0 Å². The largest absolute Gasteiger partial charge is 0.471 e. The molecule has 3 aromatic rings. The summed E-state index contributed by atoms with van der Waals surface area (Å²) in [6, 6.07) is 5.03. The molecular formula is C15H10F3N5O3. The molecule has 0 saturated carbocycles. The molecule has 0 saturated heterocycles. The molecule has 2 N–H and O–H groups in total. The van der Waals surface area contributed by atoms with Gasteiger partial charge in [-0.05, 0) is 12.1 Å². The summed E-state index contributed by atoms with van der Waals surface area (Å²) < 4.78 is 43.5. The molecule has 0 aliphatic carbocycles. The third kappa shape index (κ3) is 2.92. The van der Waals surface area contributed by atoms with E-state index in [1.165, 1.54) is 16.9 Å². The Morgan fingerprint density at radius 3 is 2.85 bits per heavy atom. The Balaban J connectivity index is 2.09. The number of H-pyrrole nitrogens is 1. The maximum atomic E-state index is 12.3. The zero-order valence-corrected chi connectivity index (χ0v) is 12.9. The van der Waals surface area contributed by atoms with Crippen molar-refractivity contribution in [3.63, 3.8) is 0 Å². The van der Waals surface area contributed by atoms with Crippen LogP contribution in [0.5, 0.6) is 0 Å². The lowest BCUT2D eigenvalue weighted by Crippen LogP contribution is -2.38. The maximum absolute atomic E-state index is 12.3. The zero-order valence-electron chi connectivity index (χ0n) is 12.9. The van der Waals surface area contributed by atoms with Gasteiger partial charge in [-0.1, -0.05) is 0 Å². The Bertz CT molecular complexity index is 1060. The third-order valence-electron chi connectivity index (χ3n) is 3.59. The number of nitrogens with one attached hydrogen (secondary N) is 2. The van der Waals surface area contributed by atoms with Gasteiger partial charge in [-0.2, -0.15) is 18.4 Å². The van der Waals surface area contributed by atoms with Crippen molar-refractivity contribution in [3.8, 4) is 17.5 Å². The summed E-state index contributed by atoms with van der Waals surface area (Å²) in [5.41, 5.74) is -0.255. The topological polar surface area (TPSA) is 117 Å². The molecule has 0 aliphatic rings. The number of halogens is 3. The second kappa shape index (κ2) is 6.40. The van der Waals surface area contributed by atoms with Gasteiger partial charge in [0.1, 0.15) is 28.4 Å². The average molecular weight is 365 g/mol. The van der Waals surface area contributed by atoms with Crippen molar-refractivity contribution in [1.82, 2.24) is 19.9 Å². The number of alkyl halides is 3. The molecule has 26 heavy (non-hydrogen) atoms. The minimum Gasteiger partial charge on any atom is -0.463 e. The Morgan fingerprint density at radius 1 is 1.46 bits per heavy atom. The highest BCUT2D eigenvalue weighted by Gasteiger charge is 2.38. The van der Waals surface area contributed by atoms with Crippen molar-refractivity contribution in [2.24, 2.45) is 0 Å². The molecule has 3 aromatic heterocycles. The molecule has 0 bridgehead atoms. The highest BCUT2D eigenvalue weighted by molar-refractivity contribution is 5.90. The fraction of sp³-hybridized carbons (Fsp3) is 0.200. The van der Waals surface area contributed by atoms with Gasteiger partial charge in [-0.15, -0.1) is 0 Å².